The highest BCUT2D eigenvalue weighted by Crippen LogP contribution is 2.31. The first-order chi connectivity index (χ1) is 8.11. The molecule has 0 radical (unpaired) electrons. The van der Waals surface area contributed by atoms with Gasteiger partial charge >= 0.3 is 0 Å². The van der Waals surface area contributed by atoms with Crippen LogP contribution >= 0.6 is 43.2 Å². The van der Waals surface area contributed by atoms with Gasteiger partial charge in [0.15, 0.2) is 0 Å². The Hall–Kier alpha value is -0.300. The van der Waals surface area contributed by atoms with Gasteiger partial charge in [-0.2, -0.15) is 0 Å². The number of aromatic nitrogens is 2. The minimum absolute atomic E-state index is 0.259. The van der Waals surface area contributed by atoms with Gasteiger partial charge in [-0.15, -0.1) is 11.3 Å². The lowest BCUT2D eigenvalue weighted by Gasteiger charge is -2.05. The zero-order valence-electron chi connectivity index (χ0n) is 9.37. The van der Waals surface area contributed by atoms with Crippen LogP contribution in [-0.2, 0) is 0 Å². The minimum Gasteiger partial charge on any atom is -0.312 e. The van der Waals surface area contributed by atoms with E-state index in [0.717, 1.165) is 25.3 Å². The van der Waals surface area contributed by atoms with E-state index >= 15 is 0 Å². The maximum absolute atomic E-state index is 4.59. The fraction of sp³-hybridized carbons (Fsp3) is 0.273. The zero-order valence-corrected chi connectivity index (χ0v) is 13.4. The second-order valence-corrected chi connectivity index (χ2v) is 6.20. The standard InChI is InChI=1S/C11H11Br2N3S/c1-6(14-2)9-5-17-11(16-9)10-8(13)3-7(12)4-15-10/h3-6,14H,1-2H3. The lowest BCUT2D eigenvalue weighted by atomic mass is 10.3. The fourth-order valence-electron chi connectivity index (χ4n) is 1.31. The first-order valence-electron chi connectivity index (χ1n) is 5.06. The van der Waals surface area contributed by atoms with Gasteiger partial charge in [0.2, 0.25) is 0 Å². The molecule has 3 nitrogen and oxygen atoms in total. The summed E-state index contributed by atoms with van der Waals surface area (Å²) < 4.78 is 1.90. The Kier molecular flexibility index (Phi) is 4.30. The molecule has 17 heavy (non-hydrogen) atoms. The van der Waals surface area contributed by atoms with Crippen LogP contribution in [0.3, 0.4) is 0 Å². The van der Waals surface area contributed by atoms with Crippen molar-refractivity contribution in [3.8, 4) is 10.7 Å². The molecule has 2 rings (SSSR count). The average Bonchev–Trinajstić information content (AvgIpc) is 2.77. The Morgan fingerprint density at radius 3 is 2.82 bits per heavy atom. The predicted octanol–water partition coefficient (Wildman–Crippen LogP) is 4.01. The third kappa shape index (κ3) is 2.93. The maximum atomic E-state index is 4.59. The highest BCUT2D eigenvalue weighted by atomic mass is 79.9. The van der Waals surface area contributed by atoms with Crippen molar-refractivity contribution >= 4 is 43.2 Å². The first-order valence-corrected chi connectivity index (χ1v) is 7.52. The SMILES string of the molecule is CNC(C)c1csc(-c2ncc(Br)cc2Br)n1. The molecule has 90 valence electrons. The van der Waals surface area contributed by atoms with Crippen molar-refractivity contribution < 1.29 is 0 Å². The molecule has 0 aromatic carbocycles. The van der Waals surface area contributed by atoms with Crippen LogP contribution in [0.15, 0.2) is 26.6 Å². The van der Waals surface area contributed by atoms with E-state index in [4.69, 9.17) is 0 Å². The molecule has 0 saturated heterocycles. The summed E-state index contributed by atoms with van der Waals surface area (Å²) in [5.41, 5.74) is 1.93. The van der Waals surface area contributed by atoms with Gasteiger partial charge in [-0.3, -0.25) is 4.98 Å². The minimum atomic E-state index is 0.259. The van der Waals surface area contributed by atoms with Crippen molar-refractivity contribution in [3.05, 3.63) is 32.3 Å². The molecule has 2 aromatic rings. The Morgan fingerprint density at radius 1 is 1.41 bits per heavy atom. The fourth-order valence-corrected chi connectivity index (χ4v) is 3.54. The molecule has 0 bridgehead atoms. The van der Waals surface area contributed by atoms with Gasteiger partial charge in [-0.1, -0.05) is 0 Å². The summed E-state index contributed by atoms with van der Waals surface area (Å²) in [4.78, 5) is 8.97. The molecular weight excluding hydrogens is 366 g/mol. The van der Waals surface area contributed by atoms with Crippen LogP contribution in [0.1, 0.15) is 18.7 Å². The van der Waals surface area contributed by atoms with E-state index in [2.05, 4.69) is 59.4 Å². The molecule has 2 aromatic heterocycles. The second kappa shape index (κ2) is 5.56. The van der Waals surface area contributed by atoms with E-state index in [1.54, 1.807) is 17.5 Å². The molecule has 0 saturated carbocycles. The summed E-state index contributed by atoms with van der Waals surface area (Å²) in [6.45, 7) is 2.09. The maximum Gasteiger partial charge on any atom is 0.143 e. The van der Waals surface area contributed by atoms with Crippen LogP contribution in [0.4, 0.5) is 0 Å². The molecule has 2 heterocycles. The van der Waals surface area contributed by atoms with Gasteiger partial charge in [-0.05, 0) is 51.9 Å². The molecule has 6 heteroatoms. The van der Waals surface area contributed by atoms with E-state index in [0.29, 0.717) is 0 Å². The molecular formula is C11H11Br2N3S. The highest BCUT2D eigenvalue weighted by molar-refractivity contribution is 9.11. The number of nitrogens with one attached hydrogen (secondary N) is 1. The summed E-state index contributed by atoms with van der Waals surface area (Å²) in [6, 6.07) is 2.24. The normalized spacial score (nSPS) is 12.7. The van der Waals surface area contributed by atoms with Crippen molar-refractivity contribution in [2.24, 2.45) is 0 Å². The monoisotopic (exact) mass is 375 g/mol. The molecule has 0 aliphatic heterocycles. The summed E-state index contributed by atoms with van der Waals surface area (Å²) in [7, 11) is 1.93. The van der Waals surface area contributed by atoms with Crippen molar-refractivity contribution in [1.29, 1.82) is 0 Å². The molecule has 1 N–H and O–H groups in total. The molecule has 1 atom stereocenters. The molecule has 0 spiro atoms. The zero-order chi connectivity index (χ0) is 12.4. The van der Waals surface area contributed by atoms with Gasteiger partial charge in [0, 0.05) is 26.6 Å². The van der Waals surface area contributed by atoms with Crippen molar-refractivity contribution in [1.82, 2.24) is 15.3 Å². The summed E-state index contributed by atoms with van der Waals surface area (Å²) in [6.07, 6.45) is 1.78. The average molecular weight is 377 g/mol. The number of hydrogen-bond acceptors (Lipinski definition) is 4. The lowest BCUT2D eigenvalue weighted by molar-refractivity contribution is 0.637. The number of rotatable bonds is 3. The number of pyridine rings is 1. The summed E-state index contributed by atoms with van der Waals surface area (Å²) in [5, 5.41) is 6.17. The van der Waals surface area contributed by atoms with Gasteiger partial charge in [-0.25, -0.2) is 4.98 Å². The Balaban J connectivity index is 2.37. The predicted molar refractivity (Wildman–Crippen MR) is 78.2 cm³/mol. The molecule has 0 amide bonds. The number of halogens is 2. The van der Waals surface area contributed by atoms with Gasteiger partial charge in [0.1, 0.15) is 10.7 Å². The van der Waals surface area contributed by atoms with E-state index in [9.17, 15) is 0 Å². The lowest BCUT2D eigenvalue weighted by Crippen LogP contribution is -2.12. The van der Waals surface area contributed by atoms with Gasteiger partial charge in [0.05, 0.1) is 5.69 Å². The molecule has 0 aliphatic carbocycles. The third-order valence-corrected chi connectivity index (χ3v) is 4.31. The highest BCUT2D eigenvalue weighted by Gasteiger charge is 2.12. The quantitative estimate of drug-likeness (QED) is 0.879. The Morgan fingerprint density at radius 2 is 2.18 bits per heavy atom. The smallest absolute Gasteiger partial charge is 0.143 e. The van der Waals surface area contributed by atoms with Crippen molar-refractivity contribution in [2.75, 3.05) is 7.05 Å². The van der Waals surface area contributed by atoms with E-state index in [1.807, 2.05) is 13.1 Å². The largest absolute Gasteiger partial charge is 0.312 e. The van der Waals surface area contributed by atoms with Gasteiger partial charge < -0.3 is 5.32 Å². The summed E-state index contributed by atoms with van der Waals surface area (Å²) in [5.74, 6) is 0. The van der Waals surface area contributed by atoms with Gasteiger partial charge in [0.25, 0.3) is 0 Å². The Labute approximate surface area is 121 Å². The second-order valence-electron chi connectivity index (χ2n) is 3.57. The Bertz CT molecular complexity index is 527. The van der Waals surface area contributed by atoms with E-state index < -0.39 is 0 Å². The molecule has 0 fully saturated rings. The van der Waals surface area contributed by atoms with Crippen molar-refractivity contribution in [2.45, 2.75) is 13.0 Å². The first kappa shape index (κ1) is 13.1. The van der Waals surface area contributed by atoms with Crippen LogP contribution in [0, 0.1) is 0 Å². The molecule has 1 unspecified atom stereocenters. The van der Waals surface area contributed by atoms with Crippen LogP contribution in [0.2, 0.25) is 0 Å². The molecule has 0 aliphatic rings. The van der Waals surface area contributed by atoms with Crippen LogP contribution < -0.4 is 5.32 Å². The van der Waals surface area contributed by atoms with Crippen LogP contribution in [-0.4, -0.2) is 17.0 Å². The topological polar surface area (TPSA) is 37.8 Å². The number of nitrogens with zero attached hydrogens (tertiary/aromatic N) is 2. The van der Waals surface area contributed by atoms with E-state index in [-0.39, 0.29) is 6.04 Å². The number of thiazole rings is 1. The van der Waals surface area contributed by atoms with Crippen molar-refractivity contribution in [3.63, 3.8) is 0 Å². The van der Waals surface area contributed by atoms with Crippen LogP contribution in [0.25, 0.3) is 10.7 Å². The van der Waals surface area contributed by atoms with E-state index in [1.165, 1.54) is 0 Å². The number of hydrogen-bond donors (Lipinski definition) is 1. The third-order valence-electron chi connectivity index (χ3n) is 2.41. The summed E-state index contributed by atoms with van der Waals surface area (Å²) >= 11 is 8.50. The van der Waals surface area contributed by atoms with Crippen LogP contribution in [0.5, 0.6) is 0 Å².